The van der Waals surface area contributed by atoms with Gasteiger partial charge in [-0.05, 0) is 50.8 Å². The summed E-state index contributed by atoms with van der Waals surface area (Å²) < 4.78 is 11.8. The molecular formula is C13H14Br2Cl2O3. The molecule has 0 bridgehead atoms. The summed E-state index contributed by atoms with van der Waals surface area (Å²) in [7, 11) is 0. The Kier molecular flexibility index (Phi) is 8.96. The first kappa shape index (κ1) is 18.1. The molecule has 112 valence electrons. The number of aliphatic hydroxyl groups is 1. The first-order valence-corrected chi connectivity index (χ1v) is 8.25. The van der Waals surface area contributed by atoms with Gasteiger partial charge in [0.05, 0.1) is 20.0 Å². The maximum atomic E-state index is 8.69. The molecule has 0 amide bonds. The van der Waals surface area contributed by atoms with Crippen LogP contribution in [0.4, 0.5) is 0 Å². The normalized spacial score (nSPS) is 10.2. The summed E-state index contributed by atoms with van der Waals surface area (Å²) in [4.78, 5) is 0. The fraction of sp³-hybridized carbons (Fsp3) is 0.385. The van der Waals surface area contributed by atoms with E-state index < -0.39 is 0 Å². The van der Waals surface area contributed by atoms with Crippen molar-refractivity contribution >= 4 is 55.1 Å². The lowest BCUT2D eigenvalue weighted by atomic mass is 10.3. The molecule has 20 heavy (non-hydrogen) atoms. The van der Waals surface area contributed by atoms with Crippen molar-refractivity contribution in [3.8, 4) is 11.5 Å². The third kappa shape index (κ3) is 6.68. The molecule has 1 aromatic rings. The molecule has 0 heterocycles. The van der Waals surface area contributed by atoms with E-state index in [1.165, 1.54) is 0 Å². The number of hydrogen-bond donors (Lipinski definition) is 1. The molecule has 0 aromatic heterocycles. The van der Waals surface area contributed by atoms with E-state index in [9.17, 15) is 0 Å². The monoisotopic (exact) mass is 446 g/mol. The molecule has 1 aromatic carbocycles. The van der Waals surface area contributed by atoms with Gasteiger partial charge in [-0.3, -0.25) is 0 Å². The quantitative estimate of drug-likeness (QED) is 0.558. The molecule has 0 spiro atoms. The highest BCUT2D eigenvalue weighted by molar-refractivity contribution is 9.28. The average Bonchev–Trinajstić information content (AvgIpc) is 2.36. The van der Waals surface area contributed by atoms with Crippen molar-refractivity contribution in [1.82, 2.24) is 0 Å². The Labute approximate surface area is 145 Å². The molecule has 0 radical (unpaired) electrons. The van der Waals surface area contributed by atoms with Crippen molar-refractivity contribution in [2.75, 3.05) is 19.8 Å². The van der Waals surface area contributed by atoms with Gasteiger partial charge in [-0.2, -0.15) is 0 Å². The van der Waals surface area contributed by atoms with Crippen molar-refractivity contribution in [3.63, 3.8) is 0 Å². The predicted octanol–water partition coefficient (Wildman–Crippen LogP) is 5.15. The minimum atomic E-state index is 0.147. The molecule has 0 saturated carbocycles. The number of aliphatic hydroxyl groups excluding tert-OH is 1. The van der Waals surface area contributed by atoms with Crippen LogP contribution in [0.5, 0.6) is 11.5 Å². The molecule has 0 saturated heterocycles. The summed E-state index contributed by atoms with van der Waals surface area (Å²) in [6.07, 6.45) is 3.23. The maximum Gasteiger partial charge on any atom is 0.156 e. The summed E-state index contributed by atoms with van der Waals surface area (Å²) in [6, 6.07) is 3.32. The van der Waals surface area contributed by atoms with Gasteiger partial charge in [0.25, 0.3) is 0 Å². The van der Waals surface area contributed by atoms with Crippen LogP contribution in [0.3, 0.4) is 0 Å². The molecule has 1 N–H and O–H groups in total. The Bertz CT molecular complexity index is 440. The summed E-state index contributed by atoms with van der Waals surface area (Å²) in [5.74, 6) is 1.01. The number of unbranched alkanes of at least 4 members (excludes halogenated alkanes) is 1. The Morgan fingerprint density at radius 2 is 1.80 bits per heavy atom. The van der Waals surface area contributed by atoms with E-state index in [4.69, 9.17) is 37.8 Å². The van der Waals surface area contributed by atoms with E-state index in [1.54, 1.807) is 18.2 Å². The zero-order chi connectivity index (χ0) is 15.0. The molecule has 0 atom stereocenters. The second kappa shape index (κ2) is 9.90. The second-order valence-electron chi connectivity index (χ2n) is 3.80. The molecule has 1 rings (SSSR count). The number of ether oxygens (including phenoxy) is 2. The lowest BCUT2D eigenvalue weighted by Crippen LogP contribution is -2.00. The highest BCUT2D eigenvalue weighted by Gasteiger charge is 2.10. The molecular weight excluding hydrogens is 435 g/mol. The minimum absolute atomic E-state index is 0.147. The van der Waals surface area contributed by atoms with Gasteiger partial charge < -0.3 is 14.6 Å². The topological polar surface area (TPSA) is 38.7 Å². The highest BCUT2D eigenvalue weighted by Crippen LogP contribution is 2.37. The van der Waals surface area contributed by atoms with Gasteiger partial charge in [0.2, 0.25) is 0 Å². The summed E-state index contributed by atoms with van der Waals surface area (Å²) in [6.45, 7) is 0.989. The molecule has 3 nitrogen and oxygen atoms in total. The summed E-state index contributed by atoms with van der Waals surface area (Å²) in [5, 5.41) is 9.50. The highest BCUT2D eigenvalue weighted by atomic mass is 79.9. The zero-order valence-corrected chi connectivity index (χ0v) is 15.2. The fourth-order valence-corrected chi connectivity index (χ4v) is 2.19. The predicted molar refractivity (Wildman–Crippen MR) is 89.7 cm³/mol. The first-order chi connectivity index (χ1) is 9.54. The summed E-state index contributed by atoms with van der Waals surface area (Å²) in [5.41, 5.74) is 0. The van der Waals surface area contributed by atoms with Crippen LogP contribution in [0.15, 0.2) is 21.6 Å². The smallest absolute Gasteiger partial charge is 0.156 e. The van der Waals surface area contributed by atoms with Crippen molar-refractivity contribution in [2.24, 2.45) is 0 Å². The fourth-order valence-electron chi connectivity index (χ4n) is 1.35. The first-order valence-electron chi connectivity index (χ1n) is 5.91. The van der Waals surface area contributed by atoms with E-state index in [1.807, 2.05) is 0 Å². The minimum Gasteiger partial charge on any atom is -0.490 e. The largest absolute Gasteiger partial charge is 0.490 e. The molecule has 0 aliphatic heterocycles. The van der Waals surface area contributed by atoms with Gasteiger partial charge in [-0.1, -0.05) is 23.2 Å². The van der Waals surface area contributed by atoms with Crippen LogP contribution in [0, 0.1) is 0 Å². The van der Waals surface area contributed by atoms with E-state index in [-0.39, 0.29) is 6.61 Å². The lowest BCUT2D eigenvalue weighted by Gasteiger charge is -2.12. The van der Waals surface area contributed by atoms with Gasteiger partial charge in [0, 0.05) is 18.7 Å². The molecule has 0 aliphatic carbocycles. The van der Waals surface area contributed by atoms with Gasteiger partial charge in [-0.25, -0.2) is 0 Å². The van der Waals surface area contributed by atoms with E-state index >= 15 is 0 Å². The van der Waals surface area contributed by atoms with Crippen molar-refractivity contribution < 1.29 is 14.6 Å². The number of benzene rings is 1. The molecule has 7 heteroatoms. The van der Waals surface area contributed by atoms with Gasteiger partial charge >= 0.3 is 0 Å². The molecule has 0 fully saturated rings. The van der Waals surface area contributed by atoms with E-state index in [0.29, 0.717) is 41.2 Å². The number of rotatable bonds is 8. The lowest BCUT2D eigenvalue weighted by molar-refractivity contribution is 0.253. The van der Waals surface area contributed by atoms with Crippen LogP contribution in [0.25, 0.3) is 0 Å². The number of hydrogen-bond acceptors (Lipinski definition) is 3. The van der Waals surface area contributed by atoms with E-state index in [2.05, 4.69) is 31.9 Å². The second-order valence-corrected chi connectivity index (χ2v) is 7.39. The molecule has 0 aliphatic rings. The van der Waals surface area contributed by atoms with Gasteiger partial charge in [0.1, 0.15) is 12.4 Å². The Morgan fingerprint density at radius 3 is 2.35 bits per heavy atom. The Hall–Kier alpha value is 0.0600. The van der Waals surface area contributed by atoms with Crippen LogP contribution in [0.2, 0.25) is 10.0 Å². The van der Waals surface area contributed by atoms with Crippen molar-refractivity contribution in [1.29, 1.82) is 0 Å². The third-order valence-electron chi connectivity index (χ3n) is 2.26. The van der Waals surface area contributed by atoms with Crippen LogP contribution in [-0.4, -0.2) is 24.9 Å². The maximum absolute atomic E-state index is 8.69. The van der Waals surface area contributed by atoms with Crippen molar-refractivity contribution in [2.45, 2.75) is 12.8 Å². The Morgan fingerprint density at radius 1 is 1.15 bits per heavy atom. The average molecular weight is 449 g/mol. The molecule has 0 unspecified atom stereocenters. The van der Waals surface area contributed by atoms with Crippen molar-refractivity contribution in [3.05, 3.63) is 31.6 Å². The van der Waals surface area contributed by atoms with Crippen LogP contribution < -0.4 is 9.47 Å². The zero-order valence-electron chi connectivity index (χ0n) is 10.5. The van der Waals surface area contributed by atoms with Gasteiger partial charge in [0.15, 0.2) is 5.75 Å². The van der Waals surface area contributed by atoms with Crippen LogP contribution >= 0.6 is 55.1 Å². The summed E-state index contributed by atoms with van der Waals surface area (Å²) >= 11 is 18.7. The van der Waals surface area contributed by atoms with E-state index in [0.717, 1.165) is 9.81 Å². The SMILES string of the molecule is OCCCCOc1c(Cl)cc(OCC=C(Br)Br)cc1Cl. The van der Waals surface area contributed by atoms with Crippen LogP contribution in [0.1, 0.15) is 12.8 Å². The standard InChI is InChI=1S/C13H14Br2Cl2O3/c14-12(15)3-6-19-9-7-10(16)13(11(17)8-9)20-5-2-1-4-18/h3,7-8,18H,1-2,4-6H2. The van der Waals surface area contributed by atoms with Gasteiger partial charge in [-0.15, -0.1) is 0 Å². The van der Waals surface area contributed by atoms with Crippen LogP contribution in [-0.2, 0) is 0 Å². The Balaban J connectivity index is 2.63. The number of halogens is 4. The third-order valence-corrected chi connectivity index (χ3v) is 3.47.